The van der Waals surface area contributed by atoms with E-state index in [0.717, 1.165) is 5.69 Å². The van der Waals surface area contributed by atoms with Gasteiger partial charge in [-0.25, -0.2) is 0 Å². The zero-order chi connectivity index (χ0) is 14.7. The second-order valence-corrected chi connectivity index (χ2v) is 7.05. The lowest BCUT2D eigenvalue weighted by molar-refractivity contribution is -0.121. The van der Waals surface area contributed by atoms with Crippen LogP contribution in [0.1, 0.15) is 41.5 Å². The molecule has 1 aromatic rings. The number of anilines is 1. The number of carbonyl (C=O) groups is 1. The summed E-state index contributed by atoms with van der Waals surface area (Å²) < 4.78 is 0. The molecule has 1 rings (SSSR count). The van der Waals surface area contributed by atoms with Crippen LogP contribution in [0.5, 0.6) is 0 Å². The van der Waals surface area contributed by atoms with E-state index in [0.29, 0.717) is 0 Å². The van der Waals surface area contributed by atoms with Crippen LogP contribution in [0.3, 0.4) is 0 Å². The first-order valence-corrected chi connectivity index (χ1v) is 6.73. The summed E-state index contributed by atoms with van der Waals surface area (Å²) in [6.07, 6.45) is 0. The topological polar surface area (TPSA) is 41.1 Å². The van der Waals surface area contributed by atoms with Gasteiger partial charge in [0.1, 0.15) is 0 Å². The fraction of sp³-hybridized carbons (Fsp3) is 0.562. The Kier molecular flexibility index (Phi) is 4.75. The molecule has 1 amide bonds. The van der Waals surface area contributed by atoms with Gasteiger partial charge in [-0.15, -0.1) is 0 Å². The summed E-state index contributed by atoms with van der Waals surface area (Å²) in [6.45, 7) is 12.4. The van der Waals surface area contributed by atoms with Crippen molar-refractivity contribution in [3.05, 3.63) is 30.3 Å². The zero-order valence-corrected chi connectivity index (χ0v) is 12.9. The first-order valence-electron chi connectivity index (χ1n) is 6.73. The van der Waals surface area contributed by atoms with Gasteiger partial charge in [-0.1, -0.05) is 39.0 Å². The number of carbonyl (C=O) groups excluding carboxylic acids is 1. The van der Waals surface area contributed by atoms with Gasteiger partial charge in [0.05, 0.1) is 6.04 Å². The first-order chi connectivity index (χ1) is 8.59. The van der Waals surface area contributed by atoms with Gasteiger partial charge in [-0.05, 0) is 38.3 Å². The Labute approximate surface area is 116 Å². The number of rotatable bonds is 3. The molecular weight excluding hydrogens is 236 g/mol. The summed E-state index contributed by atoms with van der Waals surface area (Å²) in [7, 11) is 0. The molecule has 0 aliphatic carbocycles. The van der Waals surface area contributed by atoms with Crippen molar-refractivity contribution in [1.82, 2.24) is 5.32 Å². The number of hydrogen-bond acceptors (Lipinski definition) is 2. The van der Waals surface area contributed by atoms with Gasteiger partial charge in [0.15, 0.2) is 0 Å². The van der Waals surface area contributed by atoms with Crippen molar-refractivity contribution in [2.75, 3.05) is 5.32 Å². The van der Waals surface area contributed by atoms with Crippen molar-refractivity contribution < 1.29 is 4.79 Å². The van der Waals surface area contributed by atoms with Gasteiger partial charge in [0, 0.05) is 11.2 Å². The van der Waals surface area contributed by atoms with Crippen LogP contribution in [0.25, 0.3) is 0 Å². The third-order valence-corrected chi connectivity index (χ3v) is 2.75. The quantitative estimate of drug-likeness (QED) is 0.876. The van der Waals surface area contributed by atoms with Crippen molar-refractivity contribution in [3.63, 3.8) is 0 Å². The molecule has 0 bridgehead atoms. The van der Waals surface area contributed by atoms with Crippen LogP contribution in [0.2, 0.25) is 0 Å². The molecule has 19 heavy (non-hydrogen) atoms. The van der Waals surface area contributed by atoms with E-state index < -0.39 is 0 Å². The van der Waals surface area contributed by atoms with E-state index in [4.69, 9.17) is 0 Å². The molecule has 0 radical (unpaired) electrons. The average Bonchev–Trinajstić information content (AvgIpc) is 2.24. The second kappa shape index (κ2) is 5.74. The summed E-state index contributed by atoms with van der Waals surface area (Å²) in [5.41, 5.74) is 0.579. The lowest BCUT2D eigenvalue weighted by Crippen LogP contribution is -2.55. The van der Waals surface area contributed by atoms with E-state index in [-0.39, 0.29) is 22.9 Å². The number of nitrogens with one attached hydrogen (secondary N) is 2. The molecule has 0 heterocycles. The van der Waals surface area contributed by atoms with E-state index in [9.17, 15) is 4.79 Å². The summed E-state index contributed by atoms with van der Waals surface area (Å²) in [6, 6.07) is 9.32. The second-order valence-electron chi connectivity index (χ2n) is 7.05. The molecule has 0 aliphatic rings. The van der Waals surface area contributed by atoms with Gasteiger partial charge in [0.25, 0.3) is 0 Å². The Morgan fingerprint density at radius 3 is 1.95 bits per heavy atom. The average molecular weight is 262 g/mol. The first kappa shape index (κ1) is 15.7. The molecule has 2 N–H and O–H groups in total. The highest BCUT2D eigenvalue weighted by molar-refractivity contribution is 5.95. The molecule has 0 saturated heterocycles. The van der Waals surface area contributed by atoms with Crippen molar-refractivity contribution in [1.29, 1.82) is 0 Å². The highest BCUT2D eigenvalue weighted by Gasteiger charge is 2.33. The van der Waals surface area contributed by atoms with Crippen LogP contribution < -0.4 is 10.6 Å². The van der Waals surface area contributed by atoms with Crippen LogP contribution in [-0.2, 0) is 4.79 Å². The molecule has 3 nitrogen and oxygen atoms in total. The highest BCUT2D eigenvalue weighted by atomic mass is 16.2. The predicted octanol–water partition coefficient (Wildman–Crippen LogP) is 3.43. The normalized spacial score (nSPS) is 14.0. The molecule has 0 saturated carbocycles. The summed E-state index contributed by atoms with van der Waals surface area (Å²) in [5, 5.41) is 6.37. The van der Waals surface area contributed by atoms with Crippen molar-refractivity contribution in [2.24, 2.45) is 5.41 Å². The maximum Gasteiger partial charge on any atom is 0.242 e. The summed E-state index contributed by atoms with van der Waals surface area (Å²) in [4.78, 5) is 12.5. The third kappa shape index (κ3) is 5.43. The minimum absolute atomic E-state index is 0.00799. The van der Waals surface area contributed by atoms with Crippen molar-refractivity contribution >= 4 is 11.6 Å². The Bertz CT molecular complexity index is 413. The fourth-order valence-corrected chi connectivity index (χ4v) is 1.84. The predicted molar refractivity (Wildman–Crippen MR) is 81.2 cm³/mol. The molecule has 0 unspecified atom stereocenters. The Hall–Kier alpha value is -1.35. The number of para-hydroxylation sites is 1. The standard InChI is InChI=1S/C16H26N2O/c1-15(2,3)13(18-16(4,5)6)14(19)17-12-10-8-7-9-11-12/h7-11,13,18H,1-6H3,(H,17,19)/t13-/m1/s1. The Morgan fingerprint density at radius 2 is 1.53 bits per heavy atom. The summed E-state index contributed by atoms with van der Waals surface area (Å²) >= 11 is 0. The molecule has 0 aromatic heterocycles. The van der Waals surface area contributed by atoms with Crippen LogP contribution in [0.15, 0.2) is 30.3 Å². The highest BCUT2D eigenvalue weighted by Crippen LogP contribution is 2.23. The number of benzene rings is 1. The lowest BCUT2D eigenvalue weighted by atomic mass is 9.84. The Balaban J connectivity index is 2.84. The number of hydrogen-bond donors (Lipinski definition) is 2. The van der Waals surface area contributed by atoms with Gasteiger partial charge in [-0.3, -0.25) is 4.79 Å². The van der Waals surface area contributed by atoms with Gasteiger partial charge in [-0.2, -0.15) is 0 Å². The van der Waals surface area contributed by atoms with Gasteiger partial charge in [0.2, 0.25) is 5.91 Å². The number of amides is 1. The minimum atomic E-state index is -0.243. The molecule has 0 fully saturated rings. The van der Waals surface area contributed by atoms with E-state index in [1.807, 2.05) is 30.3 Å². The molecule has 1 aromatic carbocycles. The molecular formula is C16H26N2O. The van der Waals surface area contributed by atoms with Gasteiger partial charge < -0.3 is 10.6 Å². The van der Waals surface area contributed by atoms with E-state index in [2.05, 4.69) is 52.2 Å². The van der Waals surface area contributed by atoms with Crippen LogP contribution >= 0.6 is 0 Å². The Morgan fingerprint density at radius 1 is 1.00 bits per heavy atom. The fourth-order valence-electron chi connectivity index (χ4n) is 1.84. The SMILES string of the molecule is CC(C)(C)N[C@H](C(=O)Nc1ccccc1)C(C)(C)C. The monoisotopic (exact) mass is 262 g/mol. The van der Waals surface area contributed by atoms with Crippen LogP contribution in [0.4, 0.5) is 5.69 Å². The van der Waals surface area contributed by atoms with E-state index >= 15 is 0 Å². The molecule has 1 atom stereocenters. The van der Waals surface area contributed by atoms with Crippen LogP contribution in [-0.4, -0.2) is 17.5 Å². The van der Waals surface area contributed by atoms with Gasteiger partial charge >= 0.3 is 0 Å². The van der Waals surface area contributed by atoms with E-state index in [1.54, 1.807) is 0 Å². The van der Waals surface area contributed by atoms with E-state index in [1.165, 1.54) is 0 Å². The minimum Gasteiger partial charge on any atom is -0.325 e. The van der Waals surface area contributed by atoms with Crippen molar-refractivity contribution in [3.8, 4) is 0 Å². The van der Waals surface area contributed by atoms with Crippen molar-refractivity contribution in [2.45, 2.75) is 53.1 Å². The largest absolute Gasteiger partial charge is 0.325 e. The maximum absolute atomic E-state index is 12.5. The molecule has 0 aliphatic heterocycles. The zero-order valence-electron chi connectivity index (χ0n) is 12.9. The smallest absolute Gasteiger partial charge is 0.242 e. The molecule has 106 valence electrons. The lowest BCUT2D eigenvalue weighted by Gasteiger charge is -2.36. The molecule has 3 heteroatoms. The maximum atomic E-state index is 12.5. The summed E-state index contributed by atoms with van der Waals surface area (Å²) in [5.74, 6) is 0.00799. The molecule has 0 spiro atoms. The van der Waals surface area contributed by atoms with Crippen LogP contribution in [0, 0.1) is 5.41 Å². The third-order valence-electron chi connectivity index (χ3n) is 2.75.